The van der Waals surface area contributed by atoms with Gasteiger partial charge in [0.05, 0.1) is 0 Å². The molecule has 1 aromatic rings. The van der Waals surface area contributed by atoms with Gasteiger partial charge in [0, 0.05) is 11.1 Å². The molecule has 1 aromatic carbocycles. The summed E-state index contributed by atoms with van der Waals surface area (Å²) in [6.45, 7) is 2.13. The lowest BCUT2D eigenvalue weighted by Gasteiger charge is -2.16. The highest BCUT2D eigenvalue weighted by molar-refractivity contribution is 6.31. The largest absolute Gasteiger partial charge is 0.324 e. The summed E-state index contributed by atoms with van der Waals surface area (Å²) in [4.78, 5) is 0. The monoisotopic (exact) mass is 209 g/mol. The van der Waals surface area contributed by atoms with Crippen LogP contribution in [0.4, 0.5) is 0 Å². The summed E-state index contributed by atoms with van der Waals surface area (Å²) in [6, 6.07) is 6.26. The molecule has 0 bridgehead atoms. The van der Waals surface area contributed by atoms with E-state index in [1.165, 1.54) is 24.0 Å². The number of hydrogen-bond donors (Lipinski definition) is 1. The highest BCUT2D eigenvalue weighted by atomic mass is 35.5. The van der Waals surface area contributed by atoms with Crippen LogP contribution in [0, 0.1) is 5.92 Å². The molecule has 1 aliphatic rings. The van der Waals surface area contributed by atoms with Crippen molar-refractivity contribution >= 4 is 11.6 Å². The Morgan fingerprint density at radius 1 is 1.50 bits per heavy atom. The zero-order valence-electron chi connectivity index (χ0n) is 8.46. The van der Waals surface area contributed by atoms with Gasteiger partial charge >= 0.3 is 0 Å². The van der Waals surface area contributed by atoms with Crippen molar-refractivity contribution in [1.29, 1.82) is 0 Å². The summed E-state index contributed by atoms with van der Waals surface area (Å²) in [5.74, 6) is 0.693. The first-order valence-corrected chi connectivity index (χ1v) is 5.64. The fourth-order valence-electron chi connectivity index (χ4n) is 1.97. The fourth-order valence-corrected chi connectivity index (χ4v) is 2.29. The Balaban J connectivity index is 2.35. The van der Waals surface area contributed by atoms with E-state index in [4.69, 9.17) is 17.3 Å². The van der Waals surface area contributed by atoms with Crippen molar-refractivity contribution in [1.82, 2.24) is 0 Å². The van der Waals surface area contributed by atoms with Crippen LogP contribution in [0.3, 0.4) is 0 Å². The fraction of sp³-hybridized carbons (Fsp3) is 0.500. The number of hydrogen-bond acceptors (Lipinski definition) is 1. The molecule has 2 N–H and O–H groups in total. The van der Waals surface area contributed by atoms with E-state index in [0.29, 0.717) is 5.92 Å². The maximum absolute atomic E-state index is 6.19. The first-order valence-electron chi connectivity index (χ1n) is 5.27. The molecule has 1 aliphatic carbocycles. The Kier molecular flexibility index (Phi) is 2.80. The molecule has 0 heterocycles. The van der Waals surface area contributed by atoms with Crippen molar-refractivity contribution in [3.63, 3.8) is 0 Å². The highest BCUT2D eigenvalue weighted by Gasteiger charge is 2.30. The molecule has 0 radical (unpaired) electrons. The van der Waals surface area contributed by atoms with Crippen LogP contribution in [0.2, 0.25) is 5.02 Å². The third-order valence-electron chi connectivity index (χ3n) is 3.00. The van der Waals surface area contributed by atoms with Crippen molar-refractivity contribution in [2.24, 2.45) is 11.7 Å². The van der Waals surface area contributed by atoms with E-state index < -0.39 is 0 Å². The van der Waals surface area contributed by atoms with E-state index in [9.17, 15) is 0 Å². The number of benzene rings is 1. The van der Waals surface area contributed by atoms with Gasteiger partial charge in [-0.05, 0) is 42.4 Å². The van der Waals surface area contributed by atoms with Crippen LogP contribution >= 0.6 is 11.6 Å². The topological polar surface area (TPSA) is 26.0 Å². The first-order chi connectivity index (χ1) is 6.74. The zero-order valence-corrected chi connectivity index (χ0v) is 9.22. The van der Waals surface area contributed by atoms with Crippen LogP contribution in [0.5, 0.6) is 0 Å². The molecule has 14 heavy (non-hydrogen) atoms. The van der Waals surface area contributed by atoms with Gasteiger partial charge in [-0.3, -0.25) is 0 Å². The molecule has 2 rings (SSSR count). The smallest absolute Gasteiger partial charge is 0.0441 e. The average molecular weight is 210 g/mol. The number of nitrogens with two attached hydrogens (primary N) is 1. The first kappa shape index (κ1) is 10.0. The van der Waals surface area contributed by atoms with Gasteiger partial charge in [-0.2, -0.15) is 0 Å². The van der Waals surface area contributed by atoms with E-state index >= 15 is 0 Å². The maximum atomic E-state index is 6.19. The van der Waals surface area contributed by atoms with Crippen LogP contribution in [0.25, 0.3) is 0 Å². The van der Waals surface area contributed by atoms with Crippen LogP contribution in [-0.2, 0) is 6.42 Å². The van der Waals surface area contributed by atoms with Gasteiger partial charge in [0.1, 0.15) is 0 Å². The molecule has 1 fully saturated rings. The van der Waals surface area contributed by atoms with Crippen molar-refractivity contribution in [2.75, 3.05) is 0 Å². The van der Waals surface area contributed by atoms with E-state index in [1.54, 1.807) is 0 Å². The molecule has 0 amide bonds. The van der Waals surface area contributed by atoms with Gasteiger partial charge in [0.15, 0.2) is 0 Å². The van der Waals surface area contributed by atoms with Crippen molar-refractivity contribution in [3.8, 4) is 0 Å². The molecule has 2 heteroatoms. The molecule has 0 saturated heterocycles. The minimum Gasteiger partial charge on any atom is -0.324 e. The SMILES string of the molecule is CCc1c(Cl)cccc1[C@@H](N)C1CC1. The number of halogens is 1. The van der Waals surface area contributed by atoms with Crippen LogP contribution < -0.4 is 5.73 Å². The second-order valence-electron chi connectivity index (χ2n) is 4.02. The maximum Gasteiger partial charge on any atom is 0.0441 e. The molecule has 1 saturated carbocycles. The third-order valence-corrected chi connectivity index (χ3v) is 3.35. The average Bonchev–Trinajstić information content (AvgIpc) is 2.99. The summed E-state index contributed by atoms with van der Waals surface area (Å²) >= 11 is 6.14. The van der Waals surface area contributed by atoms with Gasteiger partial charge < -0.3 is 5.73 Å². The lowest BCUT2D eigenvalue weighted by molar-refractivity contribution is 0.627. The molecule has 1 atom stereocenters. The van der Waals surface area contributed by atoms with Gasteiger partial charge in [0.25, 0.3) is 0 Å². The van der Waals surface area contributed by atoms with Crippen molar-refractivity contribution in [3.05, 3.63) is 34.3 Å². The highest BCUT2D eigenvalue weighted by Crippen LogP contribution is 2.41. The van der Waals surface area contributed by atoms with Gasteiger partial charge in [-0.25, -0.2) is 0 Å². The molecule has 0 aliphatic heterocycles. The summed E-state index contributed by atoms with van der Waals surface area (Å²) in [5, 5.41) is 0.862. The minimum atomic E-state index is 0.198. The Morgan fingerprint density at radius 2 is 2.21 bits per heavy atom. The predicted octanol–water partition coefficient (Wildman–Crippen LogP) is 3.31. The molecule has 1 nitrogen and oxygen atoms in total. The lowest BCUT2D eigenvalue weighted by Crippen LogP contribution is -2.14. The molecule has 76 valence electrons. The van der Waals surface area contributed by atoms with E-state index in [-0.39, 0.29) is 6.04 Å². The summed E-state index contributed by atoms with van der Waals surface area (Å²) < 4.78 is 0. The van der Waals surface area contributed by atoms with E-state index in [2.05, 4.69) is 13.0 Å². The lowest BCUT2D eigenvalue weighted by atomic mass is 9.96. The third kappa shape index (κ3) is 1.79. The summed E-state index contributed by atoms with van der Waals surface area (Å²) in [7, 11) is 0. The van der Waals surface area contributed by atoms with Crippen LogP contribution in [-0.4, -0.2) is 0 Å². The molecular formula is C12H16ClN. The minimum absolute atomic E-state index is 0.198. The normalized spacial score (nSPS) is 18.2. The molecule has 0 spiro atoms. The molecule has 0 unspecified atom stereocenters. The molecular weight excluding hydrogens is 194 g/mol. The zero-order chi connectivity index (χ0) is 10.1. The standard InChI is InChI=1S/C12H16ClN/c1-2-9-10(4-3-5-11(9)13)12(14)8-6-7-8/h3-5,8,12H,2,6-7,14H2,1H3/t12-/m0/s1. The van der Waals surface area contributed by atoms with E-state index in [0.717, 1.165) is 11.4 Å². The summed E-state index contributed by atoms with van der Waals surface area (Å²) in [5.41, 5.74) is 8.67. The van der Waals surface area contributed by atoms with Gasteiger partial charge in [0.2, 0.25) is 0 Å². The Labute approximate surface area is 90.3 Å². The quantitative estimate of drug-likeness (QED) is 0.812. The van der Waals surface area contributed by atoms with Gasteiger partial charge in [-0.1, -0.05) is 30.7 Å². The van der Waals surface area contributed by atoms with Crippen LogP contribution in [0.15, 0.2) is 18.2 Å². The Bertz CT molecular complexity index is 331. The predicted molar refractivity (Wildman–Crippen MR) is 60.5 cm³/mol. The number of rotatable bonds is 3. The Hall–Kier alpha value is -0.530. The summed E-state index contributed by atoms with van der Waals surface area (Å²) in [6.07, 6.45) is 3.52. The van der Waals surface area contributed by atoms with E-state index in [1.807, 2.05) is 12.1 Å². The van der Waals surface area contributed by atoms with Gasteiger partial charge in [-0.15, -0.1) is 0 Å². The molecule has 0 aromatic heterocycles. The van der Waals surface area contributed by atoms with Crippen LogP contribution in [0.1, 0.15) is 36.9 Å². The Morgan fingerprint density at radius 3 is 2.79 bits per heavy atom. The second-order valence-corrected chi connectivity index (χ2v) is 4.43. The second kappa shape index (κ2) is 3.92. The van der Waals surface area contributed by atoms with Crippen molar-refractivity contribution in [2.45, 2.75) is 32.2 Å². The van der Waals surface area contributed by atoms with Crippen molar-refractivity contribution < 1.29 is 0 Å².